The summed E-state index contributed by atoms with van der Waals surface area (Å²) in [7, 11) is 0. The van der Waals surface area contributed by atoms with Crippen molar-refractivity contribution in [3.63, 3.8) is 0 Å². The molecule has 0 atom stereocenters. The van der Waals surface area contributed by atoms with E-state index < -0.39 is 14.5 Å². The fraction of sp³-hybridized carbons (Fsp3) is 0. The second kappa shape index (κ2) is 8.42. The second-order valence-corrected chi connectivity index (χ2v) is 2.32. The van der Waals surface area contributed by atoms with E-state index in [2.05, 4.69) is 0 Å². The molecule has 0 aliphatic carbocycles. The molecule has 0 radical (unpaired) electrons. The molecule has 40 valence electrons. The van der Waals surface area contributed by atoms with Gasteiger partial charge in [0.05, 0.1) is 0 Å². The molecule has 4 nitrogen and oxygen atoms in total. The standard InChI is InChI=1S/AsH3O4.FH.2Zn/c2-1(3,4)5;;;/h(H3,2,3,4,5);1H;;/q;;2*+2/p-4. The minimum absolute atomic E-state index is 0. The summed E-state index contributed by atoms with van der Waals surface area (Å²) in [5.41, 5.74) is 0. The molecule has 0 unspecified atom stereocenters. The van der Waals surface area contributed by atoms with E-state index in [1.165, 1.54) is 0 Å². The first-order chi connectivity index (χ1) is 2.00. The molecule has 0 N–H and O–H groups in total. The van der Waals surface area contributed by atoms with Crippen LogP contribution in [0.3, 0.4) is 0 Å². The van der Waals surface area contributed by atoms with Gasteiger partial charge in [-0.25, -0.2) is 0 Å². The summed E-state index contributed by atoms with van der Waals surface area (Å²) >= 11 is -5.88. The fourth-order valence-corrected chi connectivity index (χ4v) is 0. The molecule has 0 rings (SSSR count). The van der Waals surface area contributed by atoms with E-state index in [-0.39, 0.29) is 43.7 Å². The van der Waals surface area contributed by atoms with Crippen LogP contribution in [0.25, 0.3) is 0 Å². The van der Waals surface area contributed by atoms with Gasteiger partial charge < -0.3 is 4.70 Å². The van der Waals surface area contributed by atoms with Crippen molar-refractivity contribution in [3.8, 4) is 0 Å². The molecule has 0 aliphatic rings. The summed E-state index contributed by atoms with van der Waals surface area (Å²) in [6.45, 7) is 0. The van der Waals surface area contributed by atoms with Gasteiger partial charge in [-0.1, -0.05) is 0 Å². The van der Waals surface area contributed by atoms with Crippen molar-refractivity contribution in [2.75, 3.05) is 0 Å². The first-order valence-electron chi connectivity index (χ1n) is 0.730. The summed E-state index contributed by atoms with van der Waals surface area (Å²) in [4.78, 5) is 0. The first kappa shape index (κ1) is 22.7. The number of hydrogen-bond donors (Lipinski definition) is 0. The van der Waals surface area contributed by atoms with E-state index in [9.17, 15) is 0 Å². The van der Waals surface area contributed by atoms with Crippen LogP contribution < -0.4 is 17.0 Å². The molecule has 0 fully saturated rings. The summed E-state index contributed by atoms with van der Waals surface area (Å²) in [6, 6.07) is 0. The molecule has 8 heavy (non-hydrogen) atoms. The molecule has 0 heterocycles. The Hall–Kier alpha value is 1.42. The van der Waals surface area contributed by atoms with E-state index in [1.807, 2.05) is 0 Å². The molecule has 0 aromatic carbocycles. The maximum atomic E-state index is 8.61. The van der Waals surface area contributed by atoms with Gasteiger partial charge in [0.25, 0.3) is 0 Å². The Kier molecular flexibility index (Phi) is 23.9. The van der Waals surface area contributed by atoms with Crippen LogP contribution in [-0.4, -0.2) is 14.5 Å². The molecule has 0 aliphatic heterocycles. The largest absolute Gasteiger partial charge is 2.00 e. The van der Waals surface area contributed by atoms with Crippen LogP contribution in [0.2, 0.25) is 0 Å². The Morgan fingerprint density at radius 1 is 1.00 bits per heavy atom. The average molecular weight is 289 g/mol. The van der Waals surface area contributed by atoms with Crippen LogP contribution in [0.4, 0.5) is 0 Å². The van der Waals surface area contributed by atoms with Crippen molar-refractivity contribution in [2.45, 2.75) is 0 Å². The third kappa shape index (κ3) is 152. The van der Waals surface area contributed by atoms with E-state index in [4.69, 9.17) is 16.0 Å². The average Bonchev–Trinajstić information content (AvgIpc) is 0.722. The van der Waals surface area contributed by atoms with Gasteiger partial charge in [0.2, 0.25) is 0 Å². The maximum absolute atomic E-state index is 8.61. The van der Waals surface area contributed by atoms with Gasteiger partial charge in [-0.05, 0) is 0 Å². The van der Waals surface area contributed by atoms with Crippen LogP contribution >= 0.6 is 0 Å². The minimum atomic E-state index is -5.88. The second-order valence-electron chi connectivity index (χ2n) is 0.447. The number of rotatable bonds is 0. The van der Waals surface area contributed by atoms with Crippen molar-refractivity contribution >= 4 is 14.5 Å². The molecule has 0 aromatic rings. The molecular formula is AsFO4Zn2. The van der Waals surface area contributed by atoms with Gasteiger partial charge in [-0.15, -0.1) is 0 Å². The molecule has 0 amide bonds. The van der Waals surface area contributed by atoms with Gasteiger partial charge in [-0.3, -0.25) is 0 Å². The molecular weight excluding hydrogens is 289 g/mol. The summed E-state index contributed by atoms with van der Waals surface area (Å²) in [6.07, 6.45) is 0. The van der Waals surface area contributed by atoms with E-state index >= 15 is 0 Å². The molecule has 0 spiro atoms. The summed E-state index contributed by atoms with van der Waals surface area (Å²) in [5.74, 6) is 0. The first-order valence-corrected chi connectivity index (χ1v) is 3.79. The monoisotopic (exact) mass is 286 g/mol. The Balaban J connectivity index is -0.0000000267. The maximum Gasteiger partial charge on any atom is 2.00 e. The Morgan fingerprint density at radius 2 is 1.00 bits per heavy atom. The van der Waals surface area contributed by atoms with Crippen molar-refractivity contribution in [1.82, 2.24) is 0 Å². The third-order valence-electron chi connectivity index (χ3n) is 0. The summed E-state index contributed by atoms with van der Waals surface area (Å²) in [5, 5.41) is 0. The Labute approximate surface area is 73.9 Å². The van der Waals surface area contributed by atoms with Crippen molar-refractivity contribution < 1.29 is 59.7 Å². The van der Waals surface area contributed by atoms with Gasteiger partial charge in [0.15, 0.2) is 0 Å². The van der Waals surface area contributed by atoms with Crippen LogP contribution in [0.1, 0.15) is 0 Å². The SMILES string of the molecule is O=[As]([O-])([O-])[O-].[F-].[Zn+2].[Zn+2]. The molecule has 0 saturated heterocycles. The third-order valence-corrected chi connectivity index (χ3v) is 0. The van der Waals surface area contributed by atoms with Crippen molar-refractivity contribution in [1.29, 1.82) is 0 Å². The number of hydrogen-bond acceptors (Lipinski definition) is 4. The fourth-order valence-electron chi connectivity index (χ4n) is 0. The Bertz CT molecular complexity index is 60.2. The topological polar surface area (TPSA) is 86.2 Å². The smallest absolute Gasteiger partial charge is 1.00 e. The summed E-state index contributed by atoms with van der Waals surface area (Å²) < 4.78 is 34.4. The molecule has 0 bridgehead atoms. The molecule has 0 saturated carbocycles. The zero-order valence-electron chi connectivity index (χ0n) is 3.87. The van der Waals surface area contributed by atoms with E-state index in [0.717, 1.165) is 0 Å². The quantitative estimate of drug-likeness (QED) is 0.415. The zero-order valence-corrected chi connectivity index (χ0v) is 11.7. The van der Waals surface area contributed by atoms with Gasteiger partial charge in [-0.2, -0.15) is 0 Å². The van der Waals surface area contributed by atoms with E-state index in [0.29, 0.717) is 0 Å². The van der Waals surface area contributed by atoms with Crippen LogP contribution in [-0.2, 0) is 42.7 Å². The minimum Gasteiger partial charge on any atom is -1.00 e. The van der Waals surface area contributed by atoms with Gasteiger partial charge in [0, 0.05) is 0 Å². The van der Waals surface area contributed by atoms with Crippen molar-refractivity contribution in [2.24, 2.45) is 0 Å². The van der Waals surface area contributed by atoms with Crippen LogP contribution in [0.5, 0.6) is 0 Å². The molecule has 8 heteroatoms. The predicted molar refractivity (Wildman–Crippen MR) is 6.44 cm³/mol. The van der Waals surface area contributed by atoms with Crippen LogP contribution in [0, 0.1) is 0 Å². The molecule has 0 aromatic heterocycles. The van der Waals surface area contributed by atoms with Crippen LogP contribution in [0.15, 0.2) is 0 Å². The normalized spacial score (nSPS) is 7.38. The Morgan fingerprint density at radius 3 is 1.00 bits per heavy atom. The predicted octanol–water partition coefficient (Wildman–Crippen LogP) is -7.07. The van der Waals surface area contributed by atoms with Crippen molar-refractivity contribution in [3.05, 3.63) is 0 Å². The van der Waals surface area contributed by atoms with E-state index in [1.54, 1.807) is 0 Å². The number of halogens is 1. The van der Waals surface area contributed by atoms with Gasteiger partial charge in [0.1, 0.15) is 0 Å². The zero-order chi connectivity index (χ0) is 4.50. The van der Waals surface area contributed by atoms with Gasteiger partial charge >= 0.3 is 69.5 Å².